The van der Waals surface area contributed by atoms with Crippen molar-refractivity contribution in [2.75, 3.05) is 19.7 Å². The molecule has 1 aliphatic rings. The first-order valence-corrected chi connectivity index (χ1v) is 7.74. The van der Waals surface area contributed by atoms with Gasteiger partial charge in [-0.05, 0) is 49.9 Å². The van der Waals surface area contributed by atoms with Gasteiger partial charge in [0.2, 0.25) is 11.8 Å². The smallest absolute Gasteiger partial charge is 0.225 e. The lowest BCUT2D eigenvalue weighted by atomic mass is 9.96. The summed E-state index contributed by atoms with van der Waals surface area (Å²) in [5, 5.41) is 0. The minimum absolute atomic E-state index is 0.0757. The van der Waals surface area contributed by atoms with Crippen molar-refractivity contribution < 1.29 is 14.3 Å². The summed E-state index contributed by atoms with van der Waals surface area (Å²) in [6.45, 7) is 5.68. The Hall–Kier alpha value is -2.04. The van der Waals surface area contributed by atoms with Crippen LogP contribution in [0.3, 0.4) is 0 Å². The Morgan fingerprint density at radius 1 is 1.23 bits per heavy atom. The van der Waals surface area contributed by atoms with E-state index >= 15 is 0 Å². The second-order valence-corrected chi connectivity index (χ2v) is 5.90. The number of benzene rings is 1. The molecule has 0 saturated carbocycles. The molecule has 2 rings (SSSR count). The third-order valence-electron chi connectivity index (χ3n) is 4.31. The minimum Gasteiger partial charge on any atom is -0.493 e. The molecule has 0 bridgehead atoms. The number of ether oxygens (including phenoxy) is 1. The van der Waals surface area contributed by atoms with Gasteiger partial charge in [0.1, 0.15) is 5.75 Å². The third-order valence-corrected chi connectivity index (χ3v) is 4.31. The fraction of sp³-hybridized carbons (Fsp3) is 0.529. The van der Waals surface area contributed by atoms with Crippen molar-refractivity contribution in [3.63, 3.8) is 0 Å². The maximum absolute atomic E-state index is 12.1. The summed E-state index contributed by atoms with van der Waals surface area (Å²) >= 11 is 0. The van der Waals surface area contributed by atoms with E-state index in [1.54, 1.807) is 4.90 Å². The van der Waals surface area contributed by atoms with Gasteiger partial charge in [-0.25, -0.2) is 0 Å². The molecule has 1 aromatic carbocycles. The van der Waals surface area contributed by atoms with Gasteiger partial charge in [0.05, 0.1) is 13.0 Å². The molecule has 1 saturated heterocycles. The Balaban J connectivity index is 1.74. The van der Waals surface area contributed by atoms with Gasteiger partial charge in [0.25, 0.3) is 0 Å². The highest BCUT2D eigenvalue weighted by molar-refractivity contribution is 5.78. The van der Waals surface area contributed by atoms with Gasteiger partial charge < -0.3 is 15.4 Å². The van der Waals surface area contributed by atoms with Crippen molar-refractivity contribution >= 4 is 11.8 Å². The molecule has 5 heteroatoms. The third kappa shape index (κ3) is 4.23. The van der Waals surface area contributed by atoms with Crippen LogP contribution < -0.4 is 10.5 Å². The number of piperidine rings is 1. The van der Waals surface area contributed by atoms with Crippen LogP contribution in [0.2, 0.25) is 0 Å². The predicted molar refractivity (Wildman–Crippen MR) is 84.5 cm³/mol. The fourth-order valence-corrected chi connectivity index (χ4v) is 2.63. The molecule has 1 fully saturated rings. The summed E-state index contributed by atoms with van der Waals surface area (Å²) < 4.78 is 5.64. The molecule has 2 N–H and O–H groups in total. The lowest BCUT2D eigenvalue weighted by Crippen LogP contribution is -2.42. The second-order valence-electron chi connectivity index (χ2n) is 5.90. The summed E-state index contributed by atoms with van der Waals surface area (Å²) in [5.74, 6) is 0.524. The number of nitrogens with two attached hydrogens (primary N) is 1. The van der Waals surface area contributed by atoms with Gasteiger partial charge >= 0.3 is 0 Å². The zero-order valence-corrected chi connectivity index (χ0v) is 13.3. The van der Waals surface area contributed by atoms with Crippen LogP contribution in [0.1, 0.15) is 30.4 Å². The number of hydrogen-bond acceptors (Lipinski definition) is 3. The summed E-state index contributed by atoms with van der Waals surface area (Å²) in [5.41, 5.74) is 7.69. The monoisotopic (exact) mass is 304 g/mol. The first-order chi connectivity index (χ1) is 10.5. The molecule has 0 radical (unpaired) electrons. The number of aryl methyl sites for hydroxylation is 2. The zero-order chi connectivity index (χ0) is 16.1. The molecule has 0 aliphatic carbocycles. The average molecular weight is 304 g/mol. The Labute approximate surface area is 131 Å². The van der Waals surface area contributed by atoms with E-state index in [0.717, 1.165) is 5.75 Å². The lowest BCUT2D eigenvalue weighted by molar-refractivity contribution is -0.135. The highest BCUT2D eigenvalue weighted by atomic mass is 16.5. The standard InChI is InChI=1S/C17H24N2O3/c1-12-3-4-15(11-13(12)2)22-10-7-16(20)19-8-5-14(6-9-19)17(18)21/h3-4,11,14H,5-10H2,1-2H3,(H2,18,21). The first-order valence-electron chi connectivity index (χ1n) is 7.74. The first kappa shape index (κ1) is 16.3. The van der Waals surface area contributed by atoms with E-state index in [0.29, 0.717) is 39.0 Å². The van der Waals surface area contributed by atoms with Gasteiger partial charge in [-0.15, -0.1) is 0 Å². The number of primary amides is 1. The molecule has 0 aromatic heterocycles. The maximum Gasteiger partial charge on any atom is 0.225 e. The van der Waals surface area contributed by atoms with Crippen molar-refractivity contribution in [1.29, 1.82) is 0 Å². The fourth-order valence-electron chi connectivity index (χ4n) is 2.63. The molecule has 120 valence electrons. The van der Waals surface area contributed by atoms with E-state index in [1.165, 1.54) is 11.1 Å². The Kier molecular flexibility index (Phi) is 5.41. The maximum atomic E-state index is 12.1. The Bertz CT molecular complexity index is 549. The summed E-state index contributed by atoms with van der Waals surface area (Å²) in [6, 6.07) is 5.92. The van der Waals surface area contributed by atoms with Gasteiger partial charge in [0, 0.05) is 19.0 Å². The van der Waals surface area contributed by atoms with Gasteiger partial charge in [-0.1, -0.05) is 6.07 Å². The largest absolute Gasteiger partial charge is 0.493 e. The predicted octanol–water partition coefficient (Wildman–Crippen LogP) is 1.80. The van der Waals surface area contributed by atoms with Crippen LogP contribution in [-0.2, 0) is 9.59 Å². The molecule has 1 aliphatic heterocycles. The number of nitrogens with zero attached hydrogens (tertiary/aromatic N) is 1. The van der Waals surface area contributed by atoms with Crippen molar-refractivity contribution in [3.05, 3.63) is 29.3 Å². The van der Waals surface area contributed by atoms with Crippen molar-refractivity contribution in [2.45, 2.75) is 33.1 Å². The molecule has 1 aromatic rings. The van der Waals surface area contributed by atoms with Crippen LogP contribution in [0.15, 0.2) is 18.2 Å². The average Bonchev–Trinajstić information content (AvgIpc) is 2.51. The highest BCUT2D eigenvalue weighted by Gasteiger charge is 2.25. The summed E-state index contributed by atoms with van der Waals surface area (Å²) in [4.78, 5) is 25.0. The van der Waals surface area contributed by atoms with Crippen LogP contribution >= 0.6 is 0 Å². The van der Waals surface area contributed by atoms with Crippen LogP contribution in [0.5, 0.6) is 5.75 Å². The minimum atomic E-state index is -0.259. The molecular formula is C17H24N2O3. The molecule has 0 spiro atoms. The lowest BCUT2D eigenvalue weighted by Gasteiger charge is -2.30. The molecule has 0 unspecified atom stereocenters. The van der Waals surface area contributed by atoms with E-state index in [1.807, 2.05) is 25.1 Å². The van der Waals surface area contributed by atoms with E-state index in [2.05, 4.69) is 6.92 Å². The highest BCUT2D eigenvalue weighted by Crippen LogP contribution is 2.18. The van der Waals surface area contributed by atoms with Gasteiger partial charge in [0.15, 0.2) is 0 Å². The van der Waals surface area contributed by atoms with Crippen LogP contribution in [-0.4, -0.2) is 36.4 Å². The van der Waals surface area contributed by atoms with E-state index < -0.39 is 0 Å². The molecule has 5 nitrogen and oxygen atoms in total. The number of carbonyl (C=O) groups excluding carboxylic acids is 2. The molecule has 0 atom stereocenters. The van der Waals surface area contributed by atoms with Crippen LogP contribution in [0.4, 0.5) is 0 Å². The SMILES string of the molecule is Cc1ccc(OCCC(=O)N2CCC(C(N)=O)CC2)cc1C. The van der Waals surface area contributed by atoms with Crippen molar-refractivity contribution in [1.82, 2.24) is 4.90 Å². The summed E-state index contributed by atoms with van der Waals surface area (Å²) in [6.07, 6.45) is 1.69. The van der Waals surface area contributed by atoms with Gasteiger partial charge in [-0.3, -0.25) is 9.59 Å². The van der Waals surface area contributed by atoms with Crippen LogP contribution in [0.25, 0.3) is 0 Å². The normalized spacial score (nSPS) is 15.6. The topological polar surface area (TPSA) is 72.6 Å². The Morgan fingerprint density at radius 2 is 1.91 bits per heavy atom. The van der Waals surface area contributed by atoms with Gasteiger partial charge in [-0.2, -0.15) is 0 Å². The van der Waals surface area contributed by atoms with Crippen LogP contribution in [0, 0.1) is 19.8 Å². The van der Waals surface area contributed by atoms with E-state index in [-0.39, 0.29) is 17.7 Å². The van der Waals surface area contributed by atoms with E-state index in [9.17, 15) is 9.59 Å². The Morgan fingerprint density at radius 3 is 2.50 bits per heavy atom. The van der Waals surface area contributed by atoms with Crippen molar-refractivity contribution in [2.24, 2.45) is 11.7 Å². The molecule has 1 heterocycles. The number of rotatable bonds is 5. The molecule has 2 amide bonds. The number of amides is 2. The molecule has 22 heavy (non-hydrogen) atoms. The number of carbonyl (C=O) groups is 2. The van der Waals surface area contributed by atoms with Crippen molar-refractivity contribution in [3.8, 4) is 5.75 Å². The zero-order valence-electron chi connectivity index (χ0n) is 13.3. The molecular weight excluding hydrogens is 280 g/mol. The quantitative estimate of drug-likeness (QED) is 0.901. The number of hydrogen-bond donors (Lipinski definition) is 1. The van der Waals surface area contributed by atoms with E-state index in [4.69, 9.17) is 10.5 Å². The summed E-state index contributed by atoms with van der Waals surface area (Å²) in [7, 11) is 0. The number of likely N-dealkylation sites (tertiary alicyclic amines) is 1. The second kappa shape index (κ2) is 7.29.